The van der Waals surface area contributed by atoms with Gasteiger partial charge >= 0.3 is 0 Å². The van der Waals surface area contributed by atoms with Gasteiger partial charge in [-0.1, -0.05) is 18.2 Å². The zero-order valence-corrected chi connectivity index (χ0v) is 14.8. The van der Waals surface area contributed by atoms with Crippen molar-refractivity contribution in [1.29, 1.82) is 0 Å². The Morgan fingerprint density at radius 3 is 2.80 bits per heavy atom. The van der Waals surface area contributed by atoms with Gasteiger partial charge in [-0.15, -0.1) is 0 Å². The topological polar surface area (TPSA) is 41.6 Å². The normalized spacial score (nSPS) is 23.9. The molecule has 0 aromatic heterocycles. The van der Waals surface area contributed by atoms with Crippen molar-refractivity contribution in [2.75, 3.05) is 26.2 Å². The summed E-state index contributed by atoms with van der Waals surface area (Å²) in [6, 6.07) is 7.59. The molecule has 2 aliphatic carbocycles. The molecule has 1 unspecified atom stereocenters. The Hall–Kier alpha value is -1.81. The molecule has 134 valence electrons. The summed E-state index contributed by atoms with van der Waals surface area (Å²) in [7, 11) is 0. The van der Waals surface area contributed by atoms with Crippen molar-refractivity contribution in [3.8, 4) is 5.75 Å². The summed E-state index contributed by atoms with van der Waals surface area (Å²) in [6.07, 6.45) is 11.1. The highest BCUT2D eigenvalue weighted by molar-refractivity contribution is 5.94. The highest BCUT2D eigenvalue weighted by Gasteiger charge is 2.30. The summed E-state index contributed by atoms with van der Waals surface area (Å²) in [5.74, 6) is 2.33. The second kappa shape index (κ2) is 7.61. The van der Waals surface area contributed by atoms with Crippen molar-refractivity contribution >= 4 is 5.91 Å². The number of amides is 1. The van der Waals surface area contributed by atoms with E-state index in [9.17, 15) is 4.79 Å². The van der Waals surface area contributed by atoms with E-state index in [-0.39, 0.29) is 12.0 Å². The number of carbonyl (C=O) groups excluding carboxylic acids is 1. The average Bonchev–Trinajstić information content (AvgIpc) is 3.43. The maximum atomic E-state index is 12.2. The Morgan fingerprint density at radius 1 is 1.16 bits per heavy atom. The number of allylic oxidation sites excluding steroid dienone is 2. The molecule has 4 rings (SSSR count). The molecule has 1 saturated heterocycles. The monoisotopic (exact) mass is 340 g/mol. The minimum absolute atomic E-state index is 0.0120. The minimum Gasteiger partial charge on any atom is -0.488 e. The SMILES string of the molecule is O=C(NCC1CC1)c1cccc(OC2CN(CC3CC=CCC3)C2)c1. The van der Waals surface area contributed by atoms with Gasteiger partial charge in [0.2, 0.25) is 0 Å². The van der Waals surface area contributed by atoms with Gasteiger partial charge < -0.3 is 10.1 Å². The second-order valence-electron chi connectivity index (χ2n) is 7.79. The van der Waals surface area contributed by atoms with E-state index in [4.69, 9.17) is 4.74 Å². The van der Waals surface area contributed by atoms with E-state index >= 15 is 0 Å². The van der Waals surface area contributed by atoms with Crippen LogP contribution in [0.4, 0.5) is 0 Å². The third kappa shape index (κ3) is 4.63. The summed E-state index contributed by atoms with van der Waals surface area (Å²) in [5.41, 5.74) is 0.698. The van der Waals surface area contributed by atoms with Crippen molar-refractivity contribution in [2.45, 2.75) is 38.2 Å². The predicted octanol–water partition coefficient (Wildman–Crippen LogP) is 3.25. The summed E-state index contributed by atoms with van der Waals surface area (Å²) in [5, 5.41) is 3.01. The van der Waals surface area contributed by atoms with E-state index in [1.54, 1.807) is 0 Å². The fourth-order valence-corrected chi connectivity index (χ4v) is 3.70. The zero-order chi connectivity index (χ0) is 17.1. The van der Waals surface area contributed by atoms with Crippen LogP contribution in [-0.4, -0.2) is 43.1 Å². The van der Waals surface area contributed by atoms with E-state index in [1.165, 1.54) is 38.6 Å². The summed E-state index contributed by atoms with van der Waals surface area (Å²) in [6.45, 7) is 3.99. The Labute approximate surface area is 150 Å². The Morgan fingerprint density at radius 2 is 2.04 bits per heavy atom. The number of likely N-dealkylation sites (tertiary alicyclic amines) is 1. The molecule has 1 aromatic rings. The molecular formula is C21H28N2O2. The Bertz CT molecular complexity index is 633. The van der Waals surface area contributed by atoms with Gasteiger partial charge in [0.1, 0.15) is 11.9 Å². The van der Waals surface area contributed by atoms with Gasteiger partial charge in [0.05, 0.1) is 0 Å². The molecule has 3 aliphatic rings. The van der Waals surface area contributed by atoms with Crippen LogP contribution < -0.4 is 10.1 Å². The quantitative estimate of drug-likeness (QED) is 0.775. The number of hydrogen-bond acceptors (Lipinski definition) is 3. The smallest absolute Gasteiger partial charge is 0.251 e. The summed E-state index contributed by atoms with van der Waals surface area (Å²) >= 11 is 0. The van der Waals surface area contributed by atoms with Crippen LogP contribution in [0.3, 0.4) is 0 Å². The fourth-order valence-electron chi connectivity index (χ4n) is 3.70. The molecular weight excluding hydrogens is 312 g/mol. The molecule has 1 N–H and O–H groups in total. The molecule has 4 nitrogen and oxygen atoms in total. The van der Waals surface area contributed by atoms with Crippen molar-refractivity contribution in [3.63, 3.8) is 0 Å². The zero-order valence-electron chi connectivity index (χ0n) is 14.8. The maximum Gasteiger partial charge on any atom is 0.251 e. The number of ether oxygens (including phenoxy) is 1. The van der Waals surface area contributed by atoms with Crippen molar-refractivity contribution in [3.05, 3.63) is 42.0 Å². The molecule has 1 amide bonds. The molecule has 0 radical (unpaired) electrons. The Kier molecular flexibility index (Phi) is 5.07. The average molecular weight is 340 g/mol. The first kappa shape index (κ1) is 16.6. The van der Waals surface area contributed by atoms with Crippen LogP contribution >= 0.6 is 0 Å². The van der Waals surface area contributed by atoms with E-state index in [1.807, 2.05) is 24.3 Å². The van der Waals surface area contributed by atoms with E-state index < -0.39 is 0 Å². The lowest BCUT2D eigenvalue weighted by molar-refractivity contribution is 0.00931. The van der Waals surface area contributed by atoms with Crippen LogP contribution in [0.1, 0.15) is 42.5 Å². The van der Waals surface area contributed by atoms with Crippen LogP contribution in [0, 0.1) is 11.8 Å². The first-order chi connectivity index (χ1) is 12.3. The number of hydrogen-bond donors (Lipinski definition) is 1. The van der Waals surface area contributed by atoms with Crippen molar-refractivity contribution in [1.82, 2.24) is 10.2 Å². The van der Waals surface area contributed by atoms with Crippen molar-refractivity contribution < 1.29 is 9.53 Å². The van der Waals surface area contributed by atoms with Crippen LogP contribution in [-0.2, 0) is 0 Å². The highest BCUT2D eigenvalue weighted by Crippen LogP contribution is 2.28. The lowest BCUT2D eigenvalue weighted by Crippen LogP contribution is -2.55. The molecule has 1 aliphatic heterocycles. The van der Waals surface area contributed by atoms with Crippen LogP contribution in [0.15, 0.2) is 36.4 Å². The number of benzene rings is 1. The number of nitrogens with zero attached hydrogens (tertiary/aromatic N) is 1. The molecule has 1 heterocycles. The second-order valence-corrected chi connectivity index (χ2v) is 7.79. The van der Waals surface area contributed by atoms with Crippen LogP contribution in [0.2, 0.25) is 0 Å². The van der Waals surface area contributed by atoms with E-state index in [0.717, 1.165) is 31.3 Å². The first-order valence-electron chi connectivity index (χ1n) is 9.68. The van der Waals surface area contributed by atoms with Gasteiger partial charge in [-0.2, -0.15) is 0 Å². The standard InChI is InChI=1S/C21H28N2O2/c24-21(22-12-16-9-10-16)18-7-4-8-19(11-18)25-20-14-23(15-20)13-17-5-2-1-3-6-17/h1-2,4,7-8,11,16-17,20H,3,5-6,9-10,12-15H2,(H,22,24). The molecule has 1 aromatic carbocycles. The third-order valence-electron chi connectivity index (χ3n) is 5.46. The predicted molar refractivity (Wildman–Crippen MR) is 98.8 cm³/mol. The minimum atomic E-state index is 0.0120. The lowest BCUT2D eigenvalue weighted by atomic mass is 9.93. The van der Waals surface area contributed by atoms with E-state index in [2.05, 4.69) is 22.4 Å². The molecule has 1 atom stereocenters. The van der Waals surface area contributed by atoms with Gasteiger partial charge in [0.25, 0.3) is 5.91 Å². The number of nitrogens with one attached hydrogen (secondary N) is 1. The van der Waals surface area contributed by atoms with Crippen LogP contribution in [0.5, 0.6) is 5.75 Å². The molecule has 1 saturated carbocycles. The third-order valence-corrected chi connectivity index (χ3v) is 5.46. The van der Waals surface area contributed by atoms with Gasteiger partial charge in [-0.3, -0.25) is 9.69 Å². The fraction of sp³-hybridized carbons (Fsp3) is 0.571. The summed E-state index contributed by atoms with van der Waals surface area (Å²) < 4.78 is 6.06. The van der Waals surface area contributed by atoms with Gasteiger partial charge in [0, 0.05) is 31.7 Å². The van der Waals surface area contributed by atoms with Gasteiger partial charge in [-0.25, -0.2) is 0 Å². The molecule has 4 heteroatoms. The number of carbonyl (C=O) groups is 1. The molecule has 0 bridgehead atoms. The van der Waals surface area contributed by atoms with E-state index in [0.29, 0.717) is 11.5 Å². The molecule has 2 fully saturated rings. The molecule has 25 heavy (non-hydrogen) atoms. The maximum absolute atomic E-state index is 12.2. The molecule has 0 spiro atoms. The number of rotatable bonds is 7. The summed E-state index contributed by atoms with van der Waals surface area (Å²) in [4.78, 5) is 14.7. The Balaban J connectivity index is 1.22. The highest BCUT2D eigenvalue weighted by atomic mass is 16.5. The van der Waals surface area contributed by atoms with Gasteiger partial charge in [-0.05, 0) is 62.1 Å². The first-order valence-corrected chi connectivity index (χ1v) is 9.68. The van der Waals surface area contributed by atoms with Crippen molar-refractivity contribution in [2.24, 2.45) is 11.8 Å². The lowest BCUT2D eigenvalue weighted by Gasteiger charge is -2.41. The van der Waals surface area contributed by atoms with Crippen LogP contribution in [0.25, 0.3) is 0 Å². The largest absolute Gasteiger partial charge is 0.488 e. The van der Waals surface area contributed by atoms with Gasteiger partial charge in [0.15, 0.2) is 0 Å².